The third-order valence-electron chi connectivity index (χ3n) is 2.83. The lowest BCUT2D eigenvalue weighted by Gasteiger charge is -2.14. The van der Waals surface area contributed by atoms with Gasteiger partial charge in [-0.2, -0.15) is 0 Å². The Morgan fingerprint density at radius 1 is 1.21 bits per heavy atom. The highest BCUT2D eigenvalue weighted by atomic mass is 79.9. The molecule has 2 N–H and O–H groups in total. The van der Waals surface area contributed by atoms with E-state index in [2.05, 4.69) is 15.9 Å². The zero-order chi connectivity index (χ0) is 14.0. The summed E-state index contributed by atoms with van der Waals surface area (Å²) in [5.41, 5.74) is 6.98. The van der Waals surface area contributed by atoms with E-state index in [0.29, 0.717) is 17.5 Å². The van der Waals surface area contributed by atoms with E-state index < -0.39 is 11.9 Å². The van der Waals surface area contributed by atoms with Crippen LogP contribution in [0.15, 0.2) is 40.9 Å². The van der Waals surface area contributed by atoms with Crippen molar-refractivity contribution in [3.63, 3.8) is 0 Å². The minimum absolute atomic E-state index is 0.0336. The molecule has 0 aliphatic rings. The molecular formula is C14H11BrClF2N. The molecular weight excluding hydrogens is 336 g/mol. The Hall–Kier alpha value is -0.970. The van der Waals surface area contributed by atoms with E-state index in [0.717, 1.165) is 4.47 Å². The summed E-state index contributed by atoms with van der Waals surface area (Å²) in [5.74, 6) is -0.874. The molecule has 0 spiro atoms. The average molecular weight is 347 g/mol. The van der Waals surface area contributed by atoms with Crippen LogP contribution in [-0.2, 0) is 6.42 Å². The molecule has 5 heteroatoms. The van der Waals surface area contributed by atoms with Crippen molar-refractivity contribution in [2.45, 2.75) is 12.5 Å². The van der Waals surface area contributed by atoms with Gasteiger partial charge < -0.3 is 5.73 Å². The minimum atomic E-state index is -0.586. The maximum absolute atomic E-state index is 13.8. The topological polar surface area (TPSA) is 26.0 Å². The zero-order valence-electron chi connectivity index (χ0n) is 9.84. The maximum atomic E-state index is 13.8. The molecule has 19 heavy (non-hydrogen) atoms. The van der Waals surface area contributed by atoms with Crippen molar-refractivity contribution >= 4 is 27.5 Å². The Morgan fingerprint density at radius 3 is 2.68 bits per heavy atom. The first-order chi connectivity index (χ1) is 8.99. The summed E-state index contributed by atoms with van der Waals surface area (Å²) in [5, 5.41) is 0.0336. The van der Waals surface area contributed by atoms with Gasteiger partial charge in [0.15, 0.2) is 0 Å². The molecule has 0 saturated heterocycles. The van der Waals surface area contributed by atoms with Gasteiger partial charge in [-0.15, -0.1) is 0 Å². The van der Waals surface area contributed by atoms with E-state index in [1.54, 1.807) is 18.2 Å². The first kappa shape index (κ1) is 14.4. The summed E-state index contributed by atoms with van der Waals surface area (Å²) in [4.78, 5) is 0. The summed E-state index contributed by atoms with van der Waals surface area (Å²) in [7, 11) is 0. The van der Waals surface area contributed by atoms with Gasteiger partial charge >= 0.3 is 0 Å². The van der Waals surface area contributed by atoms with Gasteiger partial charge in [0.05, 0.1) is 5.02 Å². The molecule has 0 aliphatic carbocycles. The molecule has 0 fully saturated rings. The molecule has 0 amide bonds. The molecule has 2 rings (SSSR count). The molecule has 1 unspecified atom stereocenters. The Balaban J connectivity index is 2.28. The van der Waals surface area contributed by atoms with Crippen molar-refractivity contribution in [3.8, 4) is 0 Å². The lowest BCUT2D eigenvalue weighted by Crippen LogP contribution is -2.15. The third kappa shape index (κ3) is 3.32. The van der Waals surface area contributed by atoms with E-state index in [4.69, 9.17) is 17.3 Å². The fourth-order valence-electron chi connectivity index (χ4n) is 1.85. The lowest BCUT2D eigenvalue weighted by molar-refractivity contribution is 0.578. The molecule has 2 aromatic rings. The lowest BCUT2D eigenvalue weighted by atomic mass is 9.99. The van der Waals surface area contributed by atoms with E-state index in [9.17, 15) is 8.78 Å². The highest BCUT2D eigenvalue weighted by Crippen LogP contribution is 2.27. The summed E-state index contributed by atoms with van der Waals surface area (Å²) in [6.45, 7) is 0. The van der Waals surface area contributed by atoms with Crippen molar-refractivity contribution in [2.75, 3.05) is 0 Å². The summed E-state index contributed by atoms with van der Waals surface area (Å²) >= 11 is 9.04. The number of hydrogen-bond donors (Lipinski definition) is 1. The van der Waals surface area contributed by atoms with Crippen LogP contribution < -0.4 is 5.73 Å². The van der Waals surface area contributed by atoms with Gasteiger partial charge in [0.1, 0.15) is 11.6 Å². The number of nitrogens with two attached hydrogens (primary N) is 1. The van der Waals surface area contributed by atoms with Gasteiger partial charge in [0, 0.05) is 16.1 Å². The molecule has 2 aromatic carbocycles. The molecule has 0 radical (unpaired) electrons. The zero-order valence-corrected chi connectivity index (χ0v) is 12.2. The fraction of sp³-hybridized carbons (Fsp3) is 0.143. The van der Waals surface area contributed by atoms with E-state index in [1.807, 2.05) is 0 Å². The summed E-state index contributed by atoms with van der Waals surface area (Å²) in [6, 6.07) is 8.43. The second-order valence-electron chi connectivity index (χ2n) is 4.19. The van der Waals surface area contributed by atoms with E-state index in [1.165, 1.54) is 18.2 Å². The first-order valence-corrected chi connectivity index (χ1v) is 6.79. The average Bonchev–Trinajstić information content (AvgIpc) is 2.37. The second-order valence-corrected chi connectivity index (χ2v) is 5.45. The third-order valence-corrected chi connectivity index (χ3v) is 3.89. The Kier molecular flexibility index (Phi) is 4.55. The fourth-order valence-corrected chi connectivity index (χ4v) is 2.44. The predicted molar refractivity (Wildman–Crippen MR) is 76.1 cm³/mol. The highest BCUT2D eigenvalue weighted by Gasteiger charge is 2.15. The van der Waals surface area contributed by atoms with Crippen LogP contribution in [-0.4, -0.2) is 0 Å². The van der Waals surface area contributed by atoms with Crippen LogP contribution in [0.3, 0.4) is 0 Å². The quantitative estimate of drug-likeness (QED) is 0.862. The first-order valence-electron chi connectivity index (χ1n) is 5.62. The Bertz CT molecular complexity index is 604. The van der Waals surface area contributed by atoms with Gasteiger partial charge in [0.2, 0.25) is 0 Å². The SMILES string of the molecule is NC(Cc1cc(F)ccc1Br)c1cccc(Cl)c1F. The van der Waals surface area contributed by atoms with Crippen molar-refractivity contribution in [2.24, 2.45) is 5.73 Å². The van der Waals surface area contributed by atoms with E-state index in [-0.39, 0.29) is 10.8 Å². The van der Waals surface area contributed by atoms with Crippen LogP contribution >= 0.6 is 27.5 Å². The van der Waals surface area contributed by atoms with Crippen molar-refractivity contribution in [1.82, 2.24) is 0 Å². The Labute approximate surface area is 123 Å². The van der Waals surface area contributed by atoms with Crippen LogP contribution in [0.4, 0.5) is 8.78 Å². The summed E-state index contributed by atoms with van der Waals surface area (Å²) < 4.78 is 27.8. The van der Waals surface area contributed by atoms with Gasteiger partial charge in [0.25, 0.3) is 0 Å². The molecule has 100 valence electrons. The van der Waals surface area contributed by atoms with Crippen molar-refractivity contribution < 1.29 is 8.78 Å². The van der Waals surface area contributed by atoms with Crippen molar-refractivity contribution in [1.29, 1.82) is 0 Å². The number of rotatable bonds is 3. The van der Waals surface area contributed by atoms with Crippen LogP contribution in [0.2, 0.25) is 5.02 Å². The molecule has 0 bridgehead atoms. The van der Waals surface area contributed by atoms with Gasteiger partial charge in [-0.3, -0.25) is 0 Å². The maximum Gasteiger partial charge on any atom is 0.146 e. The van der Waals surface area contributed by atoms with Gasteiger partial charge in [-0.05, 0) is 36.2 Å². The highest BCUT2D eigenvalue weighted by molar-refractivity contribution is 9.10. The number of hydrogen-bond acceptors (Lipinski definition) is 1. The standard InChI is InChI=1S/C14H11BrClF2N/c15-11-5-4-9(17)6-8(11)7-13(19)10-2-1-3-12(16)14(10)18/h1-6,13H,7,19H2. The molecule has 1 atom stereocenters. The largest absolute Gasteiger partial charge is 0.324 e. The number of halogens is 4. The normalized spacial score (nSPS) is 12.5. The van der Waals surface area contributed by atoms with Crippen LogP contribution in [0.1, 0.15) is 17.2 Å². The number of benzene rings is 2. The van der Waals surface area contributed by atoms with Gasteiger partial charge in [-0.25, -0.2) is 8.78 Å². The van der Waals surface area contributed by atoms with E-state index >= 15 is 0 Å². The van der Waals surface area contributed by atoms with Crippen LogP contribution in [0.5, 0.6) is 0 Å². The van der Waals surface area contributed by atoms with Crippen molar-refractivity contribution in [3.05, 3.63) is 68.7 Å². The molecule has 0 heterocycles. The molecule has 0 aliphatic heterocycles. The molecule has 0 aromatic heterocycles. The Morgan fingerprint density at radius 2 is 1.95 bits per heavy atom. The summed E-state index contributed by atoms with van der Waals surface area (Å²) in [6.07, 6.45) is 0.315. The predicted octanol–water partition coefficient (Wildman–Crippen LogP) is 4.62. The second kappa shape index (κ2) is 5.99. The minimum Gasteiger partial charge on any atom is -0.324 e. The monoisotopic (exact) mass is 345 g/mol. The van der Waals surface area contributed by atoms with Crippen LogP contribution in [0.25, 0.3) is 0 Å². The molecule has 0 saturated carbocycles. The molecule has 1 nitrogen and oxygen atoms in total. The van der Waals surface area contributed by atoms with Crippen LogP contribution in [0, 0.1) is 11.6 Å². The smallest absolute Gasteiger partial charge is 0.146 e. The van der Waals surface area contributed by atoms with Gasteiger partial charge in [-0.1, -0.05) is 39.7 Å².